The van der Waals surface area contributed by atoms with Crippen LogP contribution >= 0.6 is 11.3 Å². The second kappa shape index (κ2) is 12.5. The summed E-state index contributed by atoms with van der Waals surface area (Å²) < 4.78 is 5.52. The third kappa shape index (κ3) is 6.23. The molecule has 3 aliphatic heterocycles. The Balaban J connectivity index is 1.05. The SMILES string of the molecule is CC(=O)N1CCC[C@H]1C(=O)Nc1ccc(-c2nc(-c3ccc(NC(=O)[C@@H]4C=CCN4C(=O)[C@@H]4CCCO4)cc3)cs2)cc1. The lowest BCUT2D eigenvalue weighted by Gasteiger charge is -2.26. The van der Waals surface area contributed by atoms with E-state index in [1.165, 1.54) is 18.3 Å². The summed E-state index contributed by atoms with van der Waals surface area (Å²) in [6, 6.07) is 13.9. The number of anilines is 2. The number of benzene rings is 2. The normalized spacial score (nSPS) is 21.3. The number of rotatable bonds is 7. The van der Waals surface area contributed by atoms with Gasteiger partial charge in [-0.2, -0.15) is 0 Å². The van der Waals surface area contributed by atoms with Crippen molar-refractivity contribution >= 4 is 46.3 Å². The summed E-state index contributed by atoms with van der Waals surface area (Å²) in [6.07, 6.45) is 6.18. The van der Waals surface area contributed by atoms with Crippen LogP contribution in [-0.4, -0.2) is 76.3 Å². The van der Waals surface area contributed by atoms with Gasteiger partial charge in [-0.15, -0.1) is 11.3 Å². The first-order valence-corrected chi connectivity index (χ1v) is 15.4. The predicted octanol–water partition coefficient (Wildman–Crippen LogP) is 4.31. The van der Waals surface area contributed by atoms with Gasteiger partial charge in [0, 0.05) is 54.5 Å². The van der Waals surface area contributed by atoms with E-state index in [0.717, 1.165) is 34.7 Å². The highest BCUT2D eigenvalue weighted by atomic mass is 32.1. The molecule has 6 rings (SSSR count). The standard InChI is InChI=1S/C32H33N5O5S/c1-20(38)36-16-2-5-26(36)29(39)33-24-14-10-22(11-15-24)31-35-25(19-43-31)21-8-12-23(13-9-21)34-30(40)27-6-3-17-37(27)32(41)28-7-4-18-42-28/h3,6,8-15,19,26-28H,2,4-5,7,16-18H2,1H3,(H,33,39)(H,34,40)/t26-,27-,28-/m0/s1. The molecule has 2 N–H and O–H groups in total. The largest absolute Gasteiger partial charge is 0.368 e. The molecule has 2 aromatic carbocycles. The van der Waals surface area contributed by atoms with Crippen molar-refractivity contribution in [3.8, 4) is 21.8 Å². The summed E-state index contributed by atoms with van der Waals surface area (Å²) in [5, 5.41) is 8.67. The number of hydrogen-bond acceptors (Lipinski definition) is 7. The van der Waals surface area contributed by atoms with Crippen LogP contribution in [-0.2, 0) is 23.9 Å². The van der Waals surface area contributed by atoms with Gasteiger partial charge in [-0.1, -0.05) is 24.3 Å². The second-order valence-corrected chi connectivity index (χ2v) is 11.8. The minimum absolute atomic E-state index is 0.0804. The number of nitrogens with zero attached hydrogens (tertiary/aromatic N) is 3. The summed E-state index contributed by atoms with van der Waals surface area (Å²) in [5.74, 6) is -0.645. The summed E-state index contributed by atoms with van der Waals surface area (Å²) in [5.41, 5.74) is 3.96. The van der Waals surface area contributed by atoms with Crippen molar-refractivity contribution in [1.82, 2.24) is 14.8 Å². The lowest BCUT2D eigenvalue weighted by Crippen LogP contribution is -2.47. The molecule has 0 aliphatic carbocycles. The fourth-order valence-corrected chi connectivity index (χ4v) is 6.59. The van der Waals surface area contributed by atoms with E-state index in [1.54, 1.807) is 15.9 Å². The maximum atomic E-state index is 13.0. The molecule has 43 heavy (non-hydrogen) atoms. The zero-order valence-corrected chi connectivity index (χ0v) is 24.6. The minimum atomic E-state index is -0.657. The van der Waals surface area contributed by atoms with Crippen LogP contribution in [0.15, 0.2) is 66.1 Å². The van der Waals surface area contributed by atoms with Crippen molar-refractivity contribution in [3.63, 3.8) is 0 Å². The highest BCUT2D eigenvalue weighted by Gasteiger charge is 2.36. The zero-order valence-electron chi connectivity index (χ0n) is 23.8. The number of aromatic nitrogens is 1. The molecule has 0 spiro atoms. The molecule has 3 aliphatic rings. The Hall–Kier alpha value is -4.35. The molecule has 4 amide bonds. The maximum absolute atomic E-state index is 13.0. The summed E-state index contributed by atoms with van der Waals surface area (Å²) in [6.45, 7) is 3.09. The molecule has 0 unspecified atom stereocenters. The molecule has 4 heterocycles. The van der Waals surface area contributed by atoms with Crippen LogP contribution in [0.3, 0.4) is 0 Å². The number of hydrogen-bond donors (Lipinski definition) is 2. The molecular weight excluding hydrogens is 566 g/mol. The quantitative estimate of drug-likeness (QED) is 0.391. The van der Waals surface area contributed by atoms with Crippen LogP contribution in [0.2, 0.25) is 0 Å². The zero-order chi connectivity index (χ0) is 29.9. The summed E-state index contributed by atoms with van der Waals surface area (Å²) >= 11 is 1.52. The van der Waals surface area contributed by atoms with Crippen molar-refractivity contribution in [2.75, 3.05) is 30.3 Å². The minimum Gasteiger partial charge on any atom is -0.368 e. The Bertz CT molecular complexity index is 1540. The number of amides is 4. The first kappa shape index (κ1) is 28.8. The number of ether oxygens (including phenoxy) is 1. The van der Waals surface area contributed by atoms with Crippen LogP contribution in [0.4, 0.5) is 11.4 Å². The molecule has 2 saturated heterocycles. The van der Waals surface area contributed by atoms with E-state index >= 15 is 0 Å². The molecule has 3 atom stereocenters. The number of likely N-dealkylation sites (tertiary alicyclic amines) is 1. The lowest BCUT2D eigenvalue weighted by molar-refractivity contribution is -0.144. The van der Waals surface area contributed by atoms with Gasteiger partial charge >= 0.3 is 0 Å². The topological polar surface area (TPSA) is 121 Å². The molecule has 3 aromatic rings. The molecule has 2 fully saturated rings. The van der Waals surface area contributed by atoms with Gasteiger partial charge in [-0.05, 0) is 62.1 Å². The van der Waals surface area contributed by atoms with E-state index in [9.17, 15) is 19.2 Å². The monoisotopic (exact) mass is 599 g/mol. The highest BCUT2D eigenvalue weighted by molar-refractivity contribution is 7.13. The molecule has 0 saturated carbocycles. The van der Waals surface area contributed by atoms with Gasteiger partial charge in [0.15, 0.2) is 0 Å². The van der Waals surface area contributed by atoms with Gasteiger partial charge in [-0.3, -0.25) is 19.2 Å². The lowest BCUT2D eigenvalue weighted by atomic mass is 10.1. The number of carbonyl (C=O) groups excluding carboxylic acids is 4. The molecule has 0 bridgehead atoms. The Kier molecular flexibility index (Phi) is 8.35. The Labute approximate surface area is 253 Å². The first-order chi connectivity index (χ1) is 20.9. The van der Waals surface area contributed by atoms with Crippen LogP contribution < -0.4 is 10.6 Å². The number of thiazole rings is 1. The number of nitrogens with one attached hydrogen (secondary N) is 2. The van der Waals surface area contributed by atoms with E-state index in [4.69, 9.17) is 9.72 Å². The predicted molar refractivity (Wildman–Crippen MR) is 164 cm³/mol. The third-order valence-electron chi connectivity index (χ3n) is 8.02. The van der Waals surface area contributed by atoms with Crippen molar-refractivity contribution in [3.05, 3.63) is 66.1 Å². The van der Waals surface area contributed by atoms with Crippen molar-refractivity contribution in [1.29, 1.82) is 0 Å². The van der Waals surface area contributed by atoms with Gasteiger partial charge in [0.1, 0.15) is 23.2 Å². The summed E-state index contributed by atoms with van der Waals surface area (Å²) in [7, 11) is 0. The third-order valence-corrected chi connectivity index (χ3v) is 8.92. The second-order valence-electron chi connectivity index (χ2n) is 10.9. The molecule has 11 heteroatoms. The number of carbonyl (C=O) groups is 4. The van der Waals surface area contributed by atoms with Crippen molar-refractivity contribution < 1.29 is 23.9 Å². The van der Waals surface area contributed by atoms with E-state index in [1.807, 2.05) is 60.0 Å². The Morgan fingerprint density at radius 3 is 2.26 bits per heavy atom. The van der Waals surface area contributed by atoms with Gasteiger partial charge < -0.3 is 25.2 Å². The highest BCUT2D eigenvalue weighted by Crippen LogP contribution is 2.31. The summed E-state index contributed by atoms with van der Waals surface area (Å²) in [4.78, 5) is 58.3. The average molecular weight is 600 g/mol. The van der Waals surface area contributed by atoms with Crippen molar-refractivity contribution in [2.24, 2.45) is 0 Å². The van der Waals surface area contributed by atoms with Gasteiger partial charge in [0.25, 0.3) is 11.8 Å². The molecule has 1 aromatic heterocycles. The van der Waals surface area contributed by atoms with E-state index in [0.29, 0.717) is 43.9 Å². The van der Waals surface area contributed by atoms with Crippen LogP contribution in [0.25, 0.3) is 21.8 Å². The van der Waals surface area contributed by atoms with E-state index in [2.05, 4.69) is 10.6 Å². The van der Waals surface area contributed by atoms with Crippen LogP contribution in [0.5, 0.6) is 0 Å². The Morgan fingerprint density at radius 2 is 1.58 bits per heavy atom. The van der Waals surface area contributed by atoms with Gasteiger partial charge in [0.05, 0.1) is 5.69 Å². The van der Waals surface area contributed by atoms with E-state index in [-0.39, 0.29) is 23.6 Å². The van der Waals surface area contributed by atoms with Crippen molar-refractivity contribution in [2.45, 2.75) is 50.8 Å². The maximum Gasteiger partial charge on any atom is 0.252 e. The molecule has 10 nitrogen and oxygen atoms in total. The van der Waals surface area contributed by atoms with Gasteiger partial charge in [0.2, 0.25) is 11.8 Å². The molecule has 222 valence electrons. The molecular formula is C32H33N5O5S. The average Bonchev–Trinajstić information content (AvgIpc) is 3.84. The fraction of sp³-hybridized carbons (Fsp3) is 0.344. The van der Waals surface area contributed by atoms with Crippen LogP contribution in [0, 0.1) is 0 Å². The smallest absolute Gasteiger partial charge is 0.252 e. The molecule has 0 radical (unpaired) electrons. The fourth-order valence-electron chi connectivity index (χ4n) is 5.75. The van der Waals surface area contributed by atoms with Gasteiger partial charge in [-0.25, -0.2) is 4.98 Å². The Morgan fingerprint density at radius 1 is 0.884 bits per heavy atom. The van der Waals surface area contributed by atoms with E-state index < -0.39 is 18.2 Å². The first-order valence-electron chi connectivity index (χ1n) is 14.5. The van der Waals surface area contributed by atoms with Crippen LogP contribution in [0.1, 0.15) is 32.6 Å².